The van der Waals surface area contributed by atoms with Crippen LogP contribution in [0.5, 0.6) is 11.5 Å². The lowest BCUT2D eigenvalue weighted by Gasteiger charge is -2.31. The summed E-state index contributed by atoms with van der Waals surface area (Å²) in [6.45, 7) is 4.68. The van der Waals surface area contributed by atoms with Gasteiger partial charge in [0.25, 0.3) is 5.91 Å². The number of thiazole rings is 1. The van der Waals surface area contributed by atoms with Gasteiger partial charge in [-0.1, -0.05) is 12.1 Å². The molecule has 7 heteroatoms. The molecule has 1 aliphatic rings. The first-order chi connectivity index (χ1) is 14.6. The second-order valence-electron chi connectivity index (χ2n) is 7.60. The van der Waals surface area contributed by atoms with Crippen LogP contribution < -0.4 is 14.8 Å². The number of ether oxygens (including phenoxy) is 2. The predicted octanol–water partition coefficient (Wildman–Crippen LogP) is 4.02. The van der Waals surface area contributed by atoms with Crippen LogP contribution in [0.2, 0.25) is 0 Å². The number of methoxy groups -OCH3 is 2. The number of likely N-dealkylation sites (tertiary alicyclic amines) is 1. The van der Waals surface area contributed by atoms with Crippen molar-refractivity contribution in [2.75, 3.05) is 27.3 Å². The summed E-state index contributed by atoms with van der Waals surface area (Å²) in [6, 6.07) is 12.0. The molecule has 0 bridgehead atoms. The molecule has 30 heavy (non-hydrogen) atoms. The molecule has 6 nitrogen and oxygen atoms in total. The fourth-order valence-electron chi connectivity index (χ4n) is 3.90. The van der Waals surface area contributed by atoms with Gasteiger partial charge in [0.2, 0.25) is 0 Å². The molecule has 0 aliphatic carbocycles. The maximum absolute atomic E-state index is 12.8. The molecule has 1 aliphatic heterocycles. The van der Waals surface area contributed by atoms with Crippen LogP contribution in [-0.2, 0) is 6.54 Å². The lowest BCUT2D eigenvalue weighted by molar-refractivity contribution is 0.0908. The number of nitrogens with zero attached hydrogens (tertiary/aromatic N) is 2. The number of carbonyl (C=O) groups is 1. The van der Waals surface area contributed by atoms with Gasteiger partial charge < -0.3 is 14.8 Å². The number of para-hydroxylation sites is 1. The molecule has 0 spiro atoms. The Labute approximate surface area is 180 Å². The van der Waals surface area contributed by atoms with Gasteiger partial charge in [0, 0.05) is 30.3 Å². The van der Waals surface area contributed by atoms with Crippen molar-refractivity contribution >= 4 is 27.5 Å². The van der Waals surface area contributed by atoms with Crippen molar-refractivity contribution in [1.82, 2.24) is 15.2 Å². The quantitative estimate of drug-likeness (QED) is 0.646. The minimum absolute atomic E-state index is 0.0868. The molecule has 2 aromatic carbocycles. The first-order valence-corrected chi connectivity index (χ1v) is 11.0. The Hall–Kier alpha value is -2.64. The van der Waals surface area contributed by atoms with Crippen molar-refractivity contribution in [3.8, 4) is 11.5 Å². The molecule has 158 valence electrons. The summed E-state index contributed by atoms with van der Waals surface area (Å²) in [4.78, 5) is 19.9. The van der Waals surface area contributed by atoms with Crippen molar-refractivity contribution < 1.29 is 14.3 Å². The summed E-state index contributed by atoms with van der Waals surface area (Å²) in [5.41, 5.74) is 2.52. The Kier molecular flexibility index (Phi) is 6.20. The molecule has 3 aromatic rings. The van der Waals surface area contributed by atoms with Crippen LogP contribution in [0.4, 0.5) is 0 Å². The molecular formula is C23H27N3O3S. The zero-order valence-corrected chi connectivity index (χ0v) is 18.4. The molecule has 2 heterocycles. The maximum Gasteiger partial charge on any atom is 0.251 e. The van der Waals surface area contributed by atoms with Gasteiger partial charge in [-0.2, -0.15) is 0 Å². The van der Waals surface area contributed by atoms with Gasteiger partial charge >= 0.3 is 0 Å². The molecule has 0 atom stereocenters. The molecule has 1 N–H and O–H groups in total. The molecule has 0 unspecified atom stereocenters. The molecular weight excluding hydrogens is 398 g/mol. The molecule has 1 fully saturated rings. The monoisotopic (exact) mass is 425 g/mol. The van der Waals surface area contributed by atoms with Gasteiger partial charge in [-0.05, 0) is 44.0 Å². The van der Waals surface area contributed by atoms with Gasteiger partial charge in [0.05, 0.1) is 31.0 Å². The van der Waals surface area contributed by atoms with Crippen molar-refractivity contribution in [2.45, 2.75) is 32.4 Å². The van der Waals surface area contributed by atoms with Crippen LogP contribution in [0.1, 0.15) is 33.8 Å². The van der Waals surface area contributed by atoms with Crippen molar-refractivity contribution in [1.29, 1.82) is 0 Å². The Balaban J connectivity index is 1.34. The van der Waals surface area contributed by atoms with Gasteiger partial charge in [-0.25, -0.2) is 4.98 Å². The van der Waals surface area contributed by atoms with E-state index in [1.54, 1.807) is 37.7 Å². The van der Waals surface area contributed by atoms with E-state index in [0.29, 0.717) is 17.1 Å². The van der Waals surface area contributed by atoms with Gasteiger partial charge in [0.15, 0.2) is 0 Å². The topological polar surface area (TPSA) is 63.7 Å². The minimum Gasteiger partial charge on any atom is -0.496 e. The van der Waals surface area contributed by atoms with E-state index in [1.165, 1.54) is 4.70 Å². The minimum atomic E-state index is -0.0868. The van der Waals surface area contributed by atoms with Crippen LogP contribution in [-0.4, -0.2) is 49.1 Å². The maximum atomic E-state index is 12.8. The van der Waals surface area contributed by atoms with Crippen LogP contribution in [0.15, 0.2) is 36.4 Å². The average molecular weight is 426 g/mol. The average Bonchev–Trinajstić information content (AvgIpc) is 3.17. The van der Waals surface area contributed by atoms with Gasteiger partial charge in [-0.3, -0.25) is 9.69 Å². The second-order valence-corrected chi connectivity index (χ2v) is 8.72. The Bertz CT molecular complexity index is 983. The highest BCUT2D eigenvalue weighted by Crippen LogP contribution is 2.29. The van der Waals surface area contributed by atoms with Crippen LogP contribution in [0.3, 0.4) is 0 Å². The Morgan fingerprint density at radius 2 is 1.83 bits per heavy atom. The van der Waals surface area contributed by atoms with Crippen molar-refractivity contribution in [3.63, 3.8) is 0 Å². The molecule has 0 saturated carbocycles. The van der Waals surface area contributed by atoms with E-state index in [9.17, 15) is 4.79 Å². The lowest BCUT2D eigenvalue weighted by Crippen LogP contribution is -2.44. The second kappa shape index (κ2) is 9.02. The Morgan fingerprint density at radius 1 is 1.17 bits per heavy atom. The highest BCUT2D eigenvalue weighted by molar-refractivity contribution is 7.18. The van der Waals surface area contributed by atoms with E-state index in [0.717, 1.165) is 48.6 Å². The number of nitrogens with one attached hydrogen (secondary N) is 1. The normalized spacial score (nSPS) is 15.3. The summed E-state index contributed by atoms with van der Waals surface area (Å²) in [7, 11) is 3.20. The third-order valence-electron chi connectivity index (χ3n) is 5.63. The van der Waals surface area contributed by atoms with Gasteiger partial charge in [0.1, 0.15) is 16.5 Å². The van der Waals surface area contributed by atoms with E-state index in [1.807, 2.05) is 13.0 Å². The Morgan fingerprint density at radius 3 is 2.47 bits per heavy atom. The zero-order chi connectivity index (χ0) is 21.1. The highest BCUT2D eigenvalue weighted by Gasteiger charge is 2.23. The lowest BCUT2D eigenvalue weighted by atomic mass is 10.0. The summed E-state index contributed by atoms with van der Waals surface area (Å²) in [5.74, 6) is 1.23. The molecule has 4 rings (SSSR count). The summed E-state index contributed by atoms with van der Waals surface area (Å²) in [5, 5.41) is 4.32. The van der Waals surface area contributed by atoms with Crippen LogP contribution in [0, 0.1) is 6.92 Å². The van der Waals surface area contributed by atoms with E-state index in [2.05, 4.69) is 28.4 Å². The smallest absolute Gasteiger partial charge is 0.251 e. The van der Waals surface area contributed by atoms with E-state index in [4.69, 9.17) is 14.5 Å². The van der Waals surface area contributed by atoms with Gasteiger partial charge in [-0.15, -0.1) is 11.3 Å². The number of fused-ring (bicyclic) bond motifs is 1. The predicted molar refractivity (Wildman–Crippen MR) is 120 cm³/mol. The SMILES string of the molecule is COc1cc(C(=O)NC2CCN(Cc3nc4ccccc4s3)CC2)cc(OC)c1C. The summed E-state index contributed by atoms with van der Waals surface area (Å²) in [6.07, 6.45) is 1.85. The number of rotatable bonds is 6. The van der Waals surface area contributed by atoms with Crippen molar-refractivity contribution in [3.05, 3.63) is 52.5 Å². The van der Waals surface area contributed by atoms with Crippen LogP contribution in [0.25, 0.3) is 10.2 Å². The van der Waals surface area contributed by atoms with E-state index < -0.39 is 0 Å². The molecule has 1 amide bonds. The number of amides is 1. The number of hydrogen-bond acceptors (Lipinski definition) is 6. The van der Waals surface area contributed by atoms with Crippen LogP contribution >= 0.6 is 11.3 Å². The van der Waals surface area contributed by atoms with E-state index >= 15 is 0 Å². The highest BCUT2D eigenvalue weighted by atomic mass is 32.1. The van der Waals surface area contributed by atoms with Crippen molar-refractivity contribution in [2.24, 2.45) is 0 Å². The standard InChI is InChI=1S/C23H27N3O3S/c1-15-19(28-2)12-16(13-20(15)29-3)23(27)24-17-8-10-26(11-9-17)14-22-25-18-6-4-5-7-21(18)30-22/h4-7,12-13,17H,8-11,14H2,1-3H3,(H,24,27). The fourth-order valence-corrected chi connectivity index (χ4v) is 4.91. The molecule has 0 radical (unpaired) electrons. The first-order valence-electron chi connectivity index (χ1n) is 10.2. The summed E-state index contributed by atoms with van der Waals surface area (Å²) >= 11 is 1.76. The number of hydrogen-bond donors (Lipinski definition) is 1. The first kappa shape index (κ1) is 20.6. The third-order valence-corrected chi connectivity index (χ3v) is 6.66. The zero-order valence-electron chi connectivity index (χ0n) is 17.6. The molecule has 1 saturated heterocycles. The third kappa shape index (κ3) is 4.42. The molecule has 1 aromatic heterocycles. The van der Waals surface area contributed by atoms with E-state index in [-0.39, 0.29) is 11.9 Å². The number of aromatic nitrogens is 1. The number of piperidine rings is 1. The summed E-state index contributed by atoms with van der Waals surface area (Å²) < 4.78 is 12.0. The fraction of sp³-hybridized carbons (Fsp3) is 0.391. The largest absolute Gasteiger partial charge is 0.496 e. The number of benzene rings is 2. The number of carbonyl (C=O) groups excluding carboxylic acids is 1.